The monoisotopic (exact) mass is 255 g/mol. The zero-order valence-electron chi connectivity index (χ0n) is 6.10. The molecule has 67 valence electrons. The molecule has 1 aliphatic rings. The first-order valence-electron chi connectivity index (χ1n) is 3.23. The van der Waals surface area contributed by atoms with Gasteiger partial charge < -0.3 is 37.2 Å². The van der Waals surface area contributed by atoms with Gasteiger partial charge in [-0.25, -0.2) is 0 Å². The SMILES string of the molecule is [Cl-].[Cl-].[Cl-].[V+3][O]C1CCCCC1. The zero-order valence-corrected chi connectivity index (χ0v) is 9.77. The van der Waals surface area contributed by atoms with Crippen molar-refractivity contribution in [3.05, 3.63) is 0 Å². The molecule has 0 aromatic rings. The van der Waals surface area contributed by atoms with Gasteiger partial charge in [-0.3, -0.25) is 0 Å². The molecule has 0 unspecified atom stereocenters. The Labute approximate surface area is 96.6 Å². The minimum atomic E-state index is 0. The molecule has 0 amide bonds. The van der Waals surface area contributed by atoms with Gasteiger partial charge in [0.15, 0.2) is 0 Å². The van der Waals surface area contributed by atoms with Crippen molar-refractivity contribution in [2.24, 2.45) is 0 Å². The first-order valence-corrected chi connectivity index (χ1v) is 3.80. The number of hydrogen-bond donors (Lipinski definition) is 0. The van der Waals surface area contributed by atoms with Crippen LogP contribution in [0.15, 0.2) is 0 Å². The summed E-state index contributed by atoms with van der Waals surface area (Å²) in [5.41, 5.74) is 0. The molecule has 1 rings (SSSR count). The van der Waals surface area contributed by atoms with E-state index in [0.29, 0.717) is 6.10 Å². The summed E-state index contributed by atoms with van der Waals surface area (Å²) in [6.45, 7) is 0. The van der Waals surface area contributed by atoms with E-state index in [-0.39, 0.29) is 37.2 Å². The van der Waals surface area contributed by atoms with E-state index < -0.39 is 0 Å². The number of halogens is 3. The second-order valence-electron chi connectivity index (χ2n) is 2.37. The van der Waals surface area contributed by atoms with E-state index in [1.807, 2.05) is 0 Å². The van der Waals surface area contributed by atoms with Gasteiger partial charge >= 0.3 is 59.6 Å². The molecule has 5 heteroatoms. The molecule has 0 spiro atoms. The Morgan fingerprint density at radius 1 is 0.909 bits per heavy atom. The van der Waals surface area contributed by atoms with Crippen molar-refractivity contribution in [3.8, 4) is 0 Å². The maximum atomic E-state index is 5.13. The fraction of sp³-hybridized carbons (Fsp3) is 1.00. The van der Waals surface area contributed by atoms with Crippen LogP contribution in [-0.4, -0.2) is 6.10 Å². The molecule has 1 nitrogen and oxygen atoms in total. The van der Waals surface area contributed by atoms with Crippen LogP contribution >= 0.6 is 0 Å². The summed E-state index contributed by atoms with van der Waals surface area (Å²) < 4.78 is 5.13. The Balaban J connectivity index is -0.000000213. The molecule has 0 bridgehead atoms. The first kappa shape index (κ1) is 18.2. The van der Waals surface area contributed by atoms with Gasteiger partial charge in [-0.1, -0.05) is 0 Å². The average Bonchev–Trinajstić information content (AvgIpc) is 1.90. The normalized spacial score (nSPS) is 17.3. The zero-order chi connectivity index (χ0) is 5.82. The molecule has 0 atom stereocenters. The third-order valence-corrected chi connectivity index (χ3v) is 2.17. The molecule has 0 radical (unpaired) electrons. The van der Waals surface area contributed by atoms with Gasteiger partial charge in [-0.05, 0) is 0 Å². The van der Waals surface area contributed by atoms with Crippen LogP contribution < -0.4 is 37.2 Å². The van der Waals surface area contributed by atoms with Crippen LogP contribution in [0.5, 0.6) is 0 Å². The molecule has 1 saturated carbocycles. The van der Waals surface area contributed by atoms with E-state index in [1.54, 1.807) is 0 Å². The Morgan fingerprint density at radius 3 is 1.64 bits per heavy atom. The van der Waals surface area contributed by atoms with Crippen LogP contribution in [0.4, 0.5) is 0 Å². The summed E-state index contributed by atoms with van der Waals surface area (Å²) >= 11 is 2.21. The van der Waals surface area contributed by atoms with Gasteiger partial charge in [-0.15, -0.1) is 0 Å². The third kappa shape index (κ3) is 7.76. The summed E-state index contributed by atoms with van der Waals surface area (Å²) in [4.78, 5) is 0. The van der Waals surface area contributed by atoms with E-state index >= 15 is 0 Å². The topological polar surface area (TPSA) is 9.23 Å². The van der Waals surface area contributed by atoms with E-state index in [2.05, 4.69) is 17.8 Å². The fourth-order valence-corrected chi connectivity index (χ4v) is 1.50. The molecule has 0 heterocycles. The van der Waals surface area contributed by atoms with Crippen LogP contribution in [0.2, 0.25) is 0 Å². The van der Waals surface area contributed by atoms with Crippen LogP contribution in [-0.2, 0) is 21.4 Å². The molecule has 0 N–H and O–H groups in total. The summed E-state index contributed by atoms with van der Waals surface area (Å²) in [5, 5.41) is 0. The van der Waals surface area contributed by atoms with Crippen molar-refractivity contribution >= 4 is 0 Å². The van der Waals surface area contributed by atoms with Crippen molar-refractivity contribution in [3.63, 3.8) is 0 Å². The first-order chi connectivity index (χ1) is 3.93. The summed E-state index contributed by atoms with van der Waals surface area (Å²) in [5.74, 6) is 0. The fourth-order valence-electron chi connectivity index (χ4n) is 1.17. The predicted molar refractivity (Wildman–Crippen MR) is 28.0 cm³/mol. The molecule has 1 fully saturated rings. The Kier molecular flexibility index (Phi) is 18.9. The Morgan fingerprint density at radius 2 is 1.36 bits per heavy atom. The van der Waals surface area contributed by atoms with Crippen LogP contribution in [0, 0.1) is 0 Å². The van der Waals surface area contributed by atoms with Crippen molar-refractivity contribution in [2.45, 2.75) is 38.2 Å². The second kappa shape index (κ2) is 11.4. The molecule has 0 aliphatic heterocycles. The minimum absolute atomic E-state index is 0. The van der Waals surface area contributed by atoms with E-state index in [0.717, 1.165) is 0 Å². The van der Waals surface area contributed by atoms with Gasteiger partial charge in [0.05, 0.1) is 0 Å². The van der Waals surface area contributed by atoms with Crippen LogP contribution in [0.25, 0.3) is 0 Å². The van der Waals surface area contributed by atoms with Crippen molar-refractivity contribution in [1.82, 2.24) is 0 Å². The number of rotatable bonds is 1. The predicted octanol–water partition coefficient (Wildman–Crippen LogP) is -7.19. The quantitative estimate of drug-likeness (QED) is 0.453. The molecule has 1 aliphatic carbocycles. The van der Waals surface area contributed by atoms with Crippen LogP contribution in [0.1, 0.15) is 32.1 Å². The Hall–Kier alpha value is 1.41. The van der Waals surface area contributed by atoms with Gasteiger partial charge in [0.1, 0.15) is 0 Å². The Bertz CT molecular complexity index is 68.8. The molecule has 0 aromatic heterocycles. The molecule has 0 aromatic carbocycles. The summed E-state index contributed by atoms with van der Waals surface area (Å²) in [7, 11) is 0. The number of hydrogen-bond acceptors (Lipinski definition) is 1. The van der Waals surface area contributed by atoms with Crippen molar-refractivity contribution in [2.75, 3.05) is 0 Å². The van der Waals surface area contributed by atoms with E-state index in [4.69, 9.17) is 3.66 Å². The van der Waals surface area contributed by atoms with Gasteiger partial charge in [0.2, 0.25) is 0 Å². The molecule has 11 heavy (non-hydrogen) atoms. The second-order valence-corrected chi connectivity index (χ2v) is 2.69. The summed E-state index contributed by atoms with van der Waals surface area (Å²) in [6.07, 6.45) is 7.24. The van der Waals surface area contributed by atoms with Gasteiger partial charge in [0, 0.05) is 0 Å². The molecule has 0 saturated heterocycles. The summed E-state index contributed by atoms with van der Waals surface area (Å²) in [6, 6.07) is 0. The van der Waals surface area contributed by atoms with E-state index in [1.165, 1.54) is 32.1 Å². The van der Waals surface area contributed by atoms with Gasteiger partial charge in [-0.2, -0.15) is 0 Å². The maximum absolute atomic E-state index is 5.13. The van der Waals surface area contributed by atoms with Gasteiger partial charge in [0.25, 0.3) is 0 Å². The molecular weight excluding hydrogens is 245 g/mol. The van der Waals surface area contributed by atoms with Crippen molar-refractivity contribution < 1.29 is 58.7 Å². The van der Waals surface area contributed by atoms with E-state index in [9.17, 15) is 0 Å². The third-order valence-electron chi connectivity index (χ3n) is 1.70. The standard InChI is InChI=1S/C6H11O.3ClH.V/c7-6-4-2-1-3-5-6;;;;/h6H,1-5H2;3*1H;/q-1;;;;+4/p-3. The van der Waals surface area contributed by atoms with Crippen molar-refractivity contribution in [1.29, 1.82) is 0 Å². The molecular formula is C6H11Cl3OV. The van der Waals surface area contributed by atoms with Crippen LogP contribution in [0.3, 0.4) is 0 Å². The average molecular weight is 256 g/mol.